The fourth-order valence-electron chi connectivity index (χ4n) is 4.83. The summed E-state index contributed by atoms with van der Waals surface area (Å²) >= 11 is 0. The van der Waals surface area contributed by atoms with Gasteiger partial charge in [-0.25, -0.2) is 17.8 Å². The topological polar surface area (TPSA) is 84.9 Å². The van der Waals surface area contributed by atoms with E-state index in [0.29, 0.717) is 67.5 Å². The lowest BCUT2D eigenvalue weighted by atomic mass is 10.2. The highest BCUT2D eigenvalue weighted by molar-refractivity contribution is 7.89. The van der Waals surface area contributed by atoms with E-state index >= 15 is 0 Å². The van der Waals surface area contributed by atoms with Crippen molar-refractivity contribution in [3.63, 3.8) is 0 Å². The average Bonchev–Trinajstić information content (AvgIpc) is 3.41. The molecule has 2 heterocycles. The zero-order valence-electron chi connectivity index (χ0n) is 20.4. The highest BCUT2D eigenvalue weighted by Gasteiger charge is 2.28. The van der Waals surface area contributed by atoms with Gasteiger partial charge in [0.25, 0.3) is 0 Å². The van der Waals surface area contributed by atoms with Crippen molar-refractivity contribution < 1.29 is 22.3 Å². The molecule has 1 aromatic heterocycles. The largest absolute Gasteiger partial charge is 0.497 e. The lowest BCUT2D eigenvalue weighted by Gasteiger charge is -2.33. The van der Waals surface area contributed by atoms with E-state index in [1.165, 1.54) is 16.4 Å². The Labute approximate surface area is 211 Å². The normalized spacial score (nSPS) is 18.1. The second-order valence-corrected chi connectivity index (χ2v) is 11.2. The van der Waals surface area contributed by atoms with Crippen molar-refractivity contribution in [1.82, 2.24) is 19.2 Å². The number of fused-ring (bicyclic) bond motifs is 1. The maximum atomic E-state index is 13.9. The molecule has 2 aromatic carbocycles. The first-order chi connectivity index (χ1) is 17.4. The second kappa shape index (κ2) is 10.7. The smallest absolute Gasteiger partial charge is 0.243 e. The van der Waals surface area contributed by atoms with Gasteiger partial charge < -0.3 is 14.4 Å². The fourth-order valence-corrected chi connectivity index (χ4v) is 6.25. The summed E-state index contributed by atoms with van der Waals surface area (Å²) in [5.74, 6) is 1.39. The molecular formula is C26H31FN4O4S. The number of hydrogen-bond donors (Lipinski definition) is 0. The van der Waals surface area contributed by atoms with Crippen LogP contribution in [-0.2, 0) is 16.4 Å². The van der Waals surface area contributed by atoms with Crippen LogP contribution in [0.5, 0.6) is 11.6 Å². The first-order valence-electron chi connectivity index (χ1n) is 12.4. The van der Waals surface area contributed by atoms with Crippen LogP contribution in [0.3, 0.4) is 0 Å². The summed E-state index contributed by atoms with van der Waals surface area (Å²) in [6.45, 7) is 2.79. The van der Waals surface area contributed by atoms with Crippen molar-refractivity contribution in [2.75, 3.05) is 39.8 Å². The van der Waals surface area contributed by atoms with Crippen molar-refractivity contribution in [2.24, 2.45) is 0 Å². The molecule has 1 saturated carbocycles. The summed E-state index contributed by atoms with van der Waals surface area (Å²) in [4.78, 5) is 11.8. The molecule has 192 valence electrons. The van der Waals surface area contributed by atoms with Crippen LogP contribution < -0.4 is 9.47 Å². The highest BCUT2D eigenvalue weighted by atomic mass is 32.2. The number of aromatic nitrogens is 2. The van der Waals surface area contributed by atoms with Crippen LogP contribution in [0.15, 0.2) is 47.4 Å². The number of halogens is 1. The van der Waals surface area contributed by atoms with Crippen molar-refractivity contribution in [2.45, 2.75) is 43.1 Å². The first kappa shape index (κ1) is 24.9. The van der Waals surface area contributed by atoms with Gasteiger partial charge in [-0.3, -0.25) is 0 Å². The summed E-state index contributed by atoms with van der Waals surface area (Å²) in [6, 6.07) is 11.0. The van der Waals surface area contributed by atoms with Gasteiger partial charge in [-0.2, -0.15) is 9.29 Å². The first-order valence-corrected chi connectivity index (χ1v) is 13.9. The third kappa shape index (κ3) is 5.45. The summed E-state index contributed by atoms with van der Waals surface area (Å²) < 4.78 is 52.7. The molecule has 1 aliphatic heterocycles. The Hall–Kier alpha value is -2.82. The van der Waals surface area contributed by atoms with Crippen LogP contribution in [0, 0.1) is 5.82 Å². The Morgan fingerprint density at radius 1 is 1.00 bits per heavy atom. The molecule has 0 amide bonds. The standard InChI is InChI=1S/C26H31FN4O4S/c1-34-20-7-9-22(10-8-20)36(32,33)31-16-14-30(15-17-31)13-12-25-28-24-11-6-19(27)18-23(24)26(29-25)35-21-4-2-3-5-21/h6-11,18,21H,2-5,12-17H2,1H3. The molecule has 2 fully saturated rings. The van der Waals surface area contributed by atoms with Gasteiger partial charge in [-0.05, 0) is 68.1 Å². The number of rotatable bonds is 8. The number of ether oxygens (including phenoxy) is 2. The quantitative estimate of drug-likeness (QED) is 0.454. The zero-order chi connectivity index (χ0) is 25.1. The number of methoxy groups -OCH3 is 1. The van der Waals surface area contributed by atoms with Crippen LogP contribution in [0.4, 0.5) is 4.39 Å². The van der Waals surface area contributed by atoms with E-state index in [2.05, 4.69) is 14.9 Å². The van der Waals surface area contributed by atoms with E-state index in [1.54, 1.807) is 37.4 Å². The Kier molecular flexibility index (Phi) is 7.36. The molecule has 2 aliphatic rings. The molecule has 5 rings (SSSR count). The minimum Gasteiger partial charge on any atom is -0.497 e. The summed E-state index contributed by atoms with van der Waals surface area (Å²) in [6.07, 6.45) is 4.95. The monoisotopic (exact) mass is 514 g/mol. The molecule has 0 spiro atoms. The molecule has 0 radical (unpaired) electrons. The molecule has 0 bridgehead atoms. The van der Waals surface area contributed by atoms with Crippen LogP contribution in [-0.4, -0.2) is 73.5 Å². The van der Waals surface area contributed by atoms with Gasteiger partial charge in [0.15, 0.2) is 0 Å². The Bertz CT molecular complexity index is 1310. The summed E-state index contributed by atoms with van der Waals surface area (Å²) in [5, 5.41) is 0.600. The molecule has 0 N–H and O–H groups in total. The van der Waals surface area contributed by atoms with Gasteiger partial charge in [-0.15, -0.1) is 0 Å². The number of nitrogens with zero attached hydrogens (tertiary/aromatic N) is 4. The van der Waals surface area contributed by atoms with Gasteiger partial charge in [0.05, 0.1) is 22.9 Å². The SMILES string of the molecule is COc1ccc(S(=O)(=O)N2CCN(CCc3nc(OC4CCCC4)c4cc(F)ccc4n3)CC2)cc1. The molecule has 0 atom stereocenters. The maximum absolute atomic E-state index is 13.9. The zero-order valence-corrected chi connectivity index (χ0v) is 21.2. The Morgan fingerprint density at radius 2 is 1.72 bits per heavy atom. The molecule has 1 saturated heterocycles. The van der Waals surface area contributed by atoms with E-state index in [0.717, 1.165) is 25.7 Å². The lowest BCUT2D eigenvalue weighted by molar-refractivity contribution is 0.188. The summed E-state index contributed by atoms with van der Waals surface area (Å²) in [5.41, 5.74) is 0.671. The third-order valence-electron chi connectivity index (χ3n) is 6.93. The van der Waals surface area contributed by atoms with Crippen LogP contribution in [0.25, 0.3) is 10.9 Å². The minimum absolute atomic E-state index is 0.111. The van der Waals surface area contributed by atoms with Crippen molar-refractivity contribution >= 4 is 20.9 Å². The fraction of sp³-hybridized carbons (Fsp3) is 0.462. The van der Waals surface area contributed by atoms with Gasteiger partial charge in [-0.1, -0.05) is 0 Å². The van der Waals surface area contributed by atoms with E-state index in [-0.39, 0.29) is 16.8 Å². The Balaban J connectivity index is 1.22. The molecule has 10 heteroatoms. The van der Waals surface area contributed by atoms with Gasteiger partial charge in [0.1, 0.15) is 23.5 Å². The molecule has 0 unspecified atom stereocenters. The van der Waals surface area contributed by atoms with Gasteiger partial charge in [0.2, 0.25) is 15.9 Å². The van der Waals surface area contributed by atoms with Crippen molar-refractivity contribution in [3.05, 3.63) is 54.1 Å². The predicted octanol–water partition coefficient (Wildman–Crippen LogP) is 3.65. The second-order valence-electron chi connectivity index (χ2n) is 9.30. The van der Waals surface area contributed by atoms with Crippen molar-refractivity contribution in [3.8, 4) is 11.6 Å². The molecule has 8 nitrogen and oxygen atoms in total. The average molecular weight is 515 g/mol. The molecule has 1 aliphatic carbocycles. The number of hydrogen-bond acceptors (Lipinski definition) is 7. The van der Waals surface area contributed by atoms with Gasteiger partial charge in [0, 0.05) is 39.1 Å². The number of piperazine rings is 1. The molecule has 3 aromatic rings. The van der Waals surface area contributed by atoms with E-state index in [1.807, 2.05) is 0 Å². The minimum atomic E-state index is -3.54. The van der Waals surface area contributed by atoms with E-state index in [9.17, 15) is 12.8 Å². The van der Waals surface area contributed by atoms with E-state index in [4.69, 9.17) is 9.47 Å². The third-order valence-corrected chi connectivity index (χ3v) is 8.84. The molecular weight excluding hydrogens is 483 g/mol. The number of sulfonamides is 1. The van der Waals surface area contributed by atoms with Crippen LogP contribution in [0.1, 0.15) is 31.5 Å². The van der Waals surface area contributed by atoms with Crippen LogP contribution in [0.2, 0.25) is 0 Å². The van der Waals surface area contributed by atoms with E-state index < -0.39 is 10.0 Å². The summed E-state index contributed by atoms with van der Waals surface area (Å²) in [7, 11) is -1.99. The Morgan fingerprint density at radius 3 is 2.42 bits per heavy atom. The van der Waals surface area contributed by atoms with Gasteiger partial charge >= 0.3 is 0 Å². The number of benzene rings is 2. The van der Waals surface area contributed by atoms with Crippen molar-refractivity contribution in [1.29, 1.82) is 0 Å². The maximum Gasteiger partial charge on any atom is 0.243 e. The lowest BCUT2D eigenvalue weighted by Crippen LogP contribution is -2.49. The molecule has 36 heavy (non-hydrogen) atoms. The van der Waals surface area contributed by atoms with Crippen LogP contribution >= 0.6 is 0 Å². The highest BCUT2D eigenvalue weighted by Crippen LogP contribution is 2.29. The predicted molar refractivity (Wildman–Crippen MR) is 134 cm³/mol.